The Morgan fingerprint density at radius 3 is 2.50 bits per heavy atom. The van der Waals surface area contributed by atoms with Crippen molar-refractivity contribution in [1.29, 1.82) is 0 Å². The highest BCUT2D eigenvalue weighted by atomic mass is 35.5. The van der Waals surface area contributed by atoms with Crippen LogP contribution in [0.15, 0.2) is 83.1 Å². The van der Waals surface area contributed by atoms with E-state index in [0.29, 0.717) is 28.9 Å². The van der Waals surface area contributed by atoms with Crippen molar-refractivity contribution in [3.8, 4) is 17.0 Å². The molecular weight excluding hydrogens is 538 g/mol. The summed E-state index contributed by atoms with van der Waals surface area (Å²) in [7, 11) is 0. The Hall–Kier alpha value is -3.33. The number of aromatic nitrogens is 1. The van der Waals surface area contributed by atoms with Crippen molar-refractivity contribution in [1.82, 2.24) is 4.98 Å². The molecule has 2 N–H and O–H groups in total. The van der Waals surface area contributed by atoms with Crippen LogP contribution in [0.2, 0.25) is 5.02 Å². The fraction of sp³-hybridized carbons (Fsp3) is 0.207. The van der Waals surface area contributed by atoms with Gasteiger partial charge in [0.05, 0.1) is 24.0 Å². The van der Waals surface area contributed by atoms with Gasteiger partial charge in [-0.2, -0.15) is 0 Å². The van der Waals surface area contributed by atoms with Crippen molar-refractivity contribution in [3.05, 3.63) is 88.8 Å². The summed E-state index contributed by atoms with van der Waals surface area (Å²) >= 11 is 8.77. The molecule has 0 spiro atoms. The molecule has 4 aromatic rings. The second kappa shape index (κ2) is 13.5. The molecule has 0 fully saturated rings. The molecule has 9 heteroatoms. The molecule has 0 aliphatic rings. The number of nitrogens with zero attached hydrogens (tertiary/aromatic N) is 1. The molecule has 1 aromatic heterocycles. The normalized spacial score (nSPS) is 11.6. The number of hydrogen-bond acceptors (Lipinski definition) is 6. The molecule has 38 heavy (non-hydrogen) atoms. The number of benzene rings is 3. The van der Waals surface area contributed by atoms with E-state index in [2.05, 4.69) is 15.6 Å². The van der Waals surface area contributed by atoms with Gasteiger partial charge >= 0.3 is 0 Å². The number of ether oxygens (including phenoxy) is 1. The maximum absolute atomic E-state index is 13.0. The molecule has 1 atom stereocenters. The summed E-state index contributed by atoms with van der Waals surface area (Å²) in [6, 6.07) is 22.5. The van der Waals surface area contributed by atoms with Crippen molar-refractivity contribution < 1.29 is 14.3 Å². The van der Waals surface area contributed by atoms with E-state index in [0.717, 1.165) is 27.5 Å². The first-order valence-electron chi connectivity index (χ1n) is 12.2. The van der Waals surface area contributed by atoms with Gasteiger partial charge in [0.15, 0.2) is 5.13 Å². The van der Waals surface area contributed by atoms with E-state index in [1.807, 2.05) is 79.9 Å². The van der Waals surface area contributed by atoms with Crippen LogP contribution in [0.25, 0.3) is 11.3 Å². The maximum atomic E-state index is 13.0. The molecule has 0 aliphatic carbocycles. The zero-order valence-electron chi connectivity index (χ0n) is 21.1. The molecule has 196 valence electrons. The minimum absolute atomic E-state index is 0.109. The predicted octanol–water partition coefficient (Wildman–Crippen LogP) is 7.55. The zero-order valence-corrected chi connectivity index (χ0v) is 23.5. The molecule has 0 saturated heterocycles. The van der Waals surface area contributed by atoms with Gasteiger partial charge in [-0.3, -0.25) is 9.59 Å². The summed E-state index contributed by atoms with van der Waals surface area (Å²) in [5.41, 5.74) is 3.33. The first-order chi connectivity index (χ1) is 18.4. The van der Waals surface area contributed by atoms with Gasteiger partial charge in [-0.15, -0.1) is 23.1 Å². The topological polar surface area (TPSA) is 80.3 Å². The Morgan fingerprint density at radius 2 is 1.79 bits per heavy atom. The van der Waals surface area contributed by atoms with E-state index in [9.17, 15) is 9.59 Å². The third kappa shape index (κ3) is 7.84. The number of carbonyl (C=O) groups excluding carboxylic acids is 2. The minimum Gasteiger partial charge on any atom is -0.494 e. The van der Waals surface area contributed by atoms with Crippen LogP contribution in [0, 0.1) is 0 Å². The summed E-state index contributed by atoms with van der Waals surface area (Å²) < 4.78 is 5.49. The molecular formula is C29H28ClN3O3S2. The van der Waals surface area contributed by atoms with Crippen molar-refractivity contribution >= 4 is 57.3 Å². The second-order valence-electron chi connectivity index (χ2n) is 8.38. The fourth-order valence-electron chi connectivity index (χ4n) is 3.66. The van der Waals surface area contributed by atoms with E-state index in [1.54, 1.807) is 12.1 Å². The summed E-state index contributed by atoms with van der Waals surface area (Å²) in [4.78, 5) is 31.0. The number of anilines is 2. The van der Waals surface area contributed by atoms with Crippen molar-refractivity contribution in [2.45, 2.75) is 36.8 Å². The average Bonchev–Trinajstić information content (AvgIpc) is 3.38. The smallest absolute Gasteiger partial charge is 0.239 e. The zero-order chi connectivity index (χ0) is 26.9. The third-order valence-electron chi connectivity index (χ3n) is 5.53. The van der Waals surface area contributed by atoms with Crippen LogP contribution in [0.1, 0.15) is 25.8 Å². The fourth-order valence-corrected chi connectivity index (χ4v) is 5.53. The van der Waals surface area contributed by atoms with Gasteiger partial charge in [0.25, 0.3) is 0 Å². The third-order valence-corrected chi connectivity index (χ3v) is 7.90. The van der Waals surface area contributed by atoms with Gasteiger partial charge in [-0.25, -0.2) is 4.98 Å². The highest BCUT2D eigenvalue weighted by molar-refractivity contribution is 8.00. The maximum Gasteiger partial charge on any atom is 0.239 e. The van der Waals surface area contributed by atoms with Gasteiger partial charge < -0.3 is 15.4 Å². The predicted molar refractivity (Wildman–Crippen MR) is 158 cm³/mol. The van der Waals surface area contributed by atoms with Crippen LogP contribution in [0.4, 0.5) is 10.8 Å². The number of thiazole rings is 1. The van der Waals surface area contributed by atoms with Gasteiger partial charge in [-0.05, 0) is 73.5 Å². The van der Waals surface area contributed by atoms with Crippen LogP contribution < -0.4 is 15.4 Å². The van der Waals surface area contributed by atoms with Gasteiger partial charge in [-0.1, -0.05) is 36.7 Å². The Labute approximate surface area is 235 Å². The van der Waals surface area contributed by atoms with Crippen LogP contribution in [-0.4, -0.2) is 28.7 Å². The van der Waals surface area contributed by atoms with E-state index >= 15 is 0 Å². The van der Waals surface area contributed by atoms with E-state index in [4.69, 9.17) is 16.3 Å². The molecule has 1 unspecified atom stereocenters. The van der Waals surface area contributed by atoms with Gasteiger partial charge in [0.1, 0.15) is 5.75 Å². The molecule has 0 bridgehead atoms. The van der Waals surface area contributed by atoms with E-state index in [1.165, 1.54) is 23.1 Å². The minimum atomic E-state index is -0.312. The molecule has 3 aromatic carbocycles. The van der Waals surface area contributed by atoms with Crippen molar-refractivity contribution in [2.24, 2.45) is 0 Å². The number of amides is 2. The SMILES string of the molecule is CCOc1ccc(-c2csc(NC(=O)C(CC)Sc3cccc(NC(=O)Cc4ccc(Cl)cc4)c3)n2)cc1. The molecule has 1 heterocycles. The Kier molecular flexibility index (Phi) is 9.81. The average molecular weight is 566 g/mol. The lowest BCUT2D eigenvalue weighted by Gasteiger charge is -2.14. The molecule has 4 rings (SSSR count). The Morgan fingerprint density at radius 1 is 1.03 bits per heavy atom. The lowest BCUT2D eigenvalue weighted by Crippen LogP contribution is -2.24. The number of thioether (sulfide) groups is 1. The van der Waals surface area contributed by atoms with Crippen LogP contribution in [0.5, 0.6) is 5.75 Å². The van der Waals surface area contributed by atoms with Gasteiger partial charge in [0.2, 0.25) is 11.8 Å². The number of halogens is 1. The number of rotatable bonds is 11. The van der Waals surface area contributed by atoms with E-state index < -0.39 is 0 Å². The molecule has 0 radical (unpaired) electrons. The van der Waals surface area contributed by atoms with Crippen LogP contribution in [0.3, 0.4) is 0 Å². The Bertz CT molecular complexity index is 1370. The summed E-state index contributed by atoms with van der Waals surface area (Å²) in [6.45, 7) is 4.54. The number of carbonyl (C=O) groups is 2. The monoisotopic (exact) mass is 565 g/mol. The lowest BCUT2D eigenvalue weighted by atomic mass is 10.1. The highest BCUT2D eigenvalue weighted by Crippen LogP contribution is 2.30. The van der Waals surface area contributed by atoms with Crippen LogP contribution in [-0.2, 0) is 16.0 Å². The first kappa shape index (κ1) is 27.7. The van der Waals surface area contributed by atoms with Crippen molar-refractivity contribution in [3.63, 3.8) is 0 Å². The van der Waals surface area contributed by atoms with Crippen molar-refractivity contribution in [2.75, 3.05) is 17.2 Å². The van der Waals surface area contributed by atoms with Gasteiger partial charge in [0, 0.05) is 26.5 Å². The quantitative estimate of drug-likeness (QED) is 0.183. The molecule has 0 aliphatic heterocycles. The number of hydrogen-bond donors (Lipinski definition) is 2. The highest BCUT2D eigenvalue weighted by Gasteiger charge is 2.20. The van der Waals surface area contributed by atoms with E-state index in [-0.39, 0.29) is 23.5 Å². The molecule has 0 saturated carbocycles. The first-order valence-corrected chi connectivity index (χ1v) is 14.4. The summed E-state index contributed by atoms with van der Waals surface area (Å²) in [5, 5.41) is 8.70. The molecule has 2 amide bonds. The number of nitrogens with one attached hydrogen (secondary N) is 2. The van der Waals surface area contributed by atoms with Crippen LogP contribution >= 0.6 is 34.7 Å². The lowest BCUT2D eigenvalue weighted by molar-refractivity contribution is -0.116. The Balaban J connectivity index is 1.34. The standard InChI is InChI=1S/C29H28ClN3O3S2/c1-3-26(28(35)33-29-32-25(18-37-29)20-10-14-23(15-11-20)36-4-2)38-24-7-5-6-22(17-24)31-27(34)16-19-8-12-21(30)13-9-19/h5-15,17-18,26H,3-4,16H2,1-2H3,(H,31,34)(H,32,33,35). The second-order valence-corrected chi connectivity index (χ2v) is 10.9. The largest absolute Gasteiger partial charge is 0.494 e. The summed E-state index contributed by atoms with van der Waals surface area (Å²) in [5.74, 6) is 0.585. The molecule has 6 nitrogen and oxygen atoms in total. The summed E-state index contributed by atoms with van der Waals surface area (Å²) in [6.07, 6.45) is 0.891.